The summed E-state index contributed by atoms with van der Waals surface area (Å²) in [5, 5.41) is 26.1. The number of nitriles is 1. The Balaban J connectivity index is 1.63. The van der Waals surface area contributed by atoms with E-state index in [1.165, 1.54) is 11.1 Å². The van der Waals surface area contributed by atoms with Crippen LogP contribution < -0.4 is 10.1 Å². The fourth-order valence-corrected chi connectivity index (χ4v) is 3.82. The lowest BCUT2D eigenvalue weighted by atomic mass is 10.0. The van der Waals surface area contributed by atoms with Crippen LogP contribution in [0.2, 0.25) is 0 Å². The molecule has 0 unspecified atom stereocenters. The number of rotatable bonds is 7. The minimum atomic E-state index is -1.15. The minimum absolute atomic E-state index is 0.105. The van der Waals surface area contributed by atoms with Gasteiger partial charge in [0.1, 0.15) is 11.8 Å². The summed E-state index contributed by atoms with van der Waals surface area (Å²) in [6.07, 6.45) is 0.699. The highest BCUT2D eigenvalue weighted by Gasteiger charge is 2.26. The Morgan fingerprint density at radius 3 is 3.03 bits per heavy atom. The van der Waals surface area contributed by atoms with Gasteiger partial charge in [0, 0.05) is 23.7 Å². The molecule has 1 aliphatic carbocycles. The molecular weight excluding hydrogens is 380 g/mol. The van der Waals surface area contributed by atoms with Crippen molar-refractivity contribution < 1.29 is 15.7 Å². The van der Waals surface area contributed by atoms with Crippen LogP contribution in [0.5, 0.6) is 5.75 Å². The first kappa shape index (κ1) is 18.8. The number of benzene rings is 2. The standard InChI is InChI=1S/C23H24N4O3/c1-14(2)29-21-9-6-15(12-16(21)13-24)23-26-22(27-30-23)19-5-3-4-18-17(19)7-8-20(18)25-10-11-28/h3-6,9,12,14,20,25,28H,7-8,10-11H2,1-2H3/t20-/m0/s1/i14D. The first-order valence-electron chi connectivity index (χ1n) is 10.4. The molecule has 1 aliphatic rings. The Hall–Kier alpha value is -3.21. The molecule has 0 bridgehead atoms. The van der Waals surface area contributed by atoms with Crippen LogP contribution in [0.3, 0.4) is 0 Å². The van der Waals surface area contributed by atoms with Crippen molar-refractivity contribution in [3.8, 4) is 34.7 Å². The van der Waals surface area contributed by atoms with Gasteiger partial charge in [-0.3, -0.25) is 0 Å². The number of aromatic nitrogens is 2. The van der Waals surface area contributed by atoms with Crippen molar-refractivity contribution in [1.29, 1.82) is 5.26 Å². The van der Waals surface area contributed by atoms with Gasteiger partial charge in [-0.2, -0.15) is 10.2 Å². The van der Waals surface area contributed by atoms with E-state index in [2.05, 4.69) is 27.6 Å². The summed E-state index contributed by atoms with van der Waals surface area (Å²) < 4.78 is 18.9. The van der Waals surface area contributed by atoms with Crippen molar-refractivity contribution >= 4 is 0 Å². The molecule has 154 valence electrons. The van der Waals surface area contributed by atoms with Crippen LogP contribution in [0.4, 0.5) is 0 Å². The molecule has 2 aromatic carbocycles. The van der Waals surface area contributed by atoms with Crippen molar-refractivity contribution in [2.45, 2.75) is 38.8 Å². The van der Waals surface area contributed by atoms with E-state index in [0.29, 0.717) is 35.1 Å². The van der Waals surface area contributed by atoms with E-state index < -0.39 is 6.08 Å². The van der Waals surface area contributed by atoms with Gasteiger partial charge in [-0.25, -0.2) is 0 Å². The van der Waals surface area contributed by atoms with Crippen molar-refractivity contribution in [1.82, 2.24) is 15.5 Å². The Morgan fingerprint density at radius 2 is 2.27 bits per heavy atom. The Bertz CT molecular complexity index is 1130. The van der Waals surface area contributed by atoms with Crippen molar-refractivity contribution in [3.05, 3.63) is 53.1 Å². The maximum Gasteiger partial charge on any atom is 0.258 e. The zero-order valence-corrected chi connectivity index (χ0v) is 17.0. The first-order chi connectivity index (χ1) is 14.9. The Labute approximate surface area is 176 Å². The smallest absolute Gasteiger partial charge is 0.258 e. The molecule has 1 heterocycles. The number of nitrogens with one attached hydrogen (secondary N) is 1. The van der Waals surface area contributed by atoms with Gasteiger partial charge in [-0.15, -0.1) is 0 Å². The van der Waals surface area contributed by atoms with Gasteiger partial charge in [0.2, 0.25) is 5.82 Å². The number of fused-ring (bicyclic) bond motifs is 1. The van der Waals surface area contributed by atoms with E-state index in [4.69, 9.17) is 15.7 Å². The summed E-state index contributed by atoms with van der Waals surface area (Å²) in [4.78, 5) is 4.57. The normalized spacial score (nSPS) is 16.1. The van der Waals surface area contributed by atoms with E-state index in [9.17, 15) is 5.26 Å². The second-order valence-corrected chi connectivity index (χ2v) is 7.40. The van der Waals surface area contributed by atoms with E-state index in [1.54, 1.807) is 32.0 Å². The molecule has 0 saturated heterocycles. The van der Waals surface area contributed by atoms with Gasteiger partial charge in [-0.05, 0) is 56.0 Å². The summed E-state index contributed by atoms with van der Waals surface area (Å²) in [5.74, 6) is 1.16. The molecule has 30 heavy (non-hydrogen) atoms. The highest BCUT2D eigenvalue weighted by molar-refractivity contribution is 5.67. The van der Waals surface area contributed by atoms with Crippen LogP contribution >= 0.6 is 0 Å². The molecule has 3 aromatic rings. The molecule has 0 fully saturated rings. The average Bonchev–Trinajstić information content (AvgIpc) is 3.39. The number of aliphatic hydroxyl groups is 1. The minimum Gasteiger partial charge on any atom is -0.490 e. The molecule has 0 radical (unpaired) electrons. The Morgan fingerprint density at radius 1 is 1.40 bits per heavy atom. The summed E-state index contributed by atoms with van der Waals surface area (Å²) in [6.45, 7) is 3.87. The predicted octanol–water partition coefficient (Wildman–Crippen LogP) is 3.63. The molecule has 7 nitrogen and oxygen atoms in total. The second-order valence-electron chi connectivity index (χ2n) is 7.40. The summed E-state index contributed by atoms with van der Waals surface area (Å²) in [5.41, 5.74) is 4.22. The molecule has 2 N–H and O–H groups in total. The molecule has 4 rings (SSSR count). The number of nitrogens with zero attached hydrogens (tertiary/aromatic N) is 3. The van der Waals surface area contributed by atoms with Crippen LogP contribution in [0, 0.1) is 11.3 Å². The topological polar surface area (TPSA) is 104 Å². The molecule has 0 amide bonds. The lowest BCUT2D eigenvalue weighted by molar-refractivity contribution is 0.241. The highest BCUT2D eigenvalue weighted by Crippen LogP contribution is 2.37. The van der Waals surface area contributed by atoms with E-state index >= 15 is 0 Å². The lowest BCUT2D eigenvalue weighted by Crippen LogP contribution is -2.22. The SMILES string of the molecule is [2H]C(C)(C)Oc1ccc(-c2nc(-c3cccc4c3CC[C@@H]4NCCO)no2)cc1C#N. The third-order valence-corrected chi connectivity index (χ3v) is 5.10. The van der Waals surface area contributed by atoms with Gasteiger partial charge >= 0.3 is 0 Å². The number of aliphatic hydroxyl groups excluding tert-OH is 1. The van der Waals surface area contributed by atoms with Crippen molar-refractivity contribution in [2.75, 3.05) is 13.2 Å². The second kappa shape index (κ2) is 8.66. The largest absolute Gasteiger partial charge is 0.490 e. The monoisotopic (exact) mass is 405 g/mol. The fourth-order valence-electron chi connectivity index (χ4n) is 3.82. The quantitative estimate of drug-likeness (QED) is 0.618. The Kier molecular flexibility index (Phi) is 5.42. The van der Waals surface area contributed by atoms with Crippen LogP contribution in [0.15, 0.2) is 40.9 Å². The van der Waals surface area contributed by atoms with E-state index in [0.717, 1.165) is 18.4 Å². The van der Waals surface area contributed by atoms with Crippen molar-refractivity contribution in [3.63, 3.8) is 0 Å². The number of ether oxygens (including phenoxy) is 1. The van der Waals surface area contributed by atoms with E-state index in [-0.39, 0.29) is 12.6 Å². The number of hydrogen-bond acceptors (Lipinski definition) is 7. The van der Waals surface area contributed by atoms with Crippen LogP contribution in [0.1, 0.15) is 44.4 Å². The van der Waals surface area contributed by atoms with Gasteiger partial charge in [-0.1, -0.05) is 23.4 Å². The molecular formula is C23H24N4O3. The van der Waals surface area contributed by atoms with Gasteiger partial charge < -0.3 is 19.7 Å². The third-order valence-electron chi connectivity index (χ3n) is 5.10. The zero-order chi connectivity index (χ0) is 22.0. The van der Waals surface area contributed by atoms with Gasteiger partial charge in [0.05, 0.1) is 19.6 Å². The molecule has 0 spiro atoms. The molecule has 0 aliphatic heterocycles. The van der Waals surface area contributed by atoms with Gasteiger partial charge in [0.25, 0.3) is 5.89 Å². The third kappa shape index (κ3) is 3.92. The maximum absolute atomic E-state index is 9.48. The van der Waals surface area contributed by atoms with Crippen LogP contribution in [0.25, 0.3) is 22.8 Å². The molecule has 1 atom stereocenters. The lowest BCUT2D eigenvalue weighted by Gasteiger charge is -2.13. The van der Waals surface area contributed by atoms with Gasteiger partial charge in [0.15, 0.2) is 0 Å². The highest BCUT2D eigenvalue weighted by atomic mass is 16.5. The summed E-state index contributed by atoms with van der Waals surface area (Å²) >= 11 is 0. The molecule has 0 saturated carbocycles. The maximum atomic E-state index is 9.48. The fraction of sp³-hybridized carbons (Fsp3) is 0.348. The zero-order valence-electron chi connectivity index (χ0n) is 18.0. The summed E-state index contributed by atoms with van der Waals surface area (Å²) in [6, 6.07) is 13.4. The molecule has 7 heteroatoms. The predicted molar refractivity (Wildman–Crippen MR) is 112 cm³/mol. The van der Waals surface area contributed by atoms with E-state index in [1.807, 2.05) is 12.1 Å². The first-order valence-corrected chi connectivity index (χ1v) is 9.93. The molecule has 1 aromatic heterocycles. The summed E-state index contributed by atoms with van der Waals surface area (Å²) in [7, 11) is 0. The number of hydrogen-bond donors (Lipinski definition) is 2. The average molecular weight is 405 g/mol. The van der Waals surface area contributed by atoms with Crippen molar-refractivity contribution in [2.24, 2.45) is 0 Å². The van der Waals surface area contributed by atoms with Crippen LogP contribution in [-0.2, 0) is 6.42 Å². The van der Waals surface area contributed by atoms with Crippen LogP contribution in [-0.4, -0.2) is 34.5 Å².